The van der Waals surface area contributed by atoms with Crippen molar-refractivity contribution < 1.29 is 9.90 Å². The maximum Gasteiger partial charge on any atom is 0.242 e. The lowest BCUT2D eigenvalue weighted by molar-refractivity contribution is -0.135. The highest BCUT2D eigenvalue weighted by molar-refractivity contribution is 5.82. The number of aliphatic hydroxyl groups is 1. The topological polar surface area (TPSA) is 43.8 Å². The SMILES string of the molecule is CC(C)CCN1CCCN(C)C(=O)C1CO. The Morgan fingerprint density at radius 2 is 2.12 bits per heavy atom. The van der Waals surface area contributed by atoms with E-state index in [9.17, 15) is 9.90 Å². The first-order valence-electron chi connectivity index (χ1n) is 6.16. The molecule has 1 rings (SSSR count). The number of hydrogen-bond acceptors (Lipinski definition) is 3. The van der Waals surface area contributed by atoms with E-state index < -0.39 is 0 Å². The first-order chi connectivity index (χ1) is 7.56. The highest BCUT2D eigenvalue weighted by Gasteiger charge is 2.29. The van der Waals surface area contributed by atoms with Gasteiger partial charge in [-0.05, 0) is 25.3 Å². The summed E-state index contributed by atoms with van der Waals surface area (Å²) in [6, 6.07) is -0.328. The third kappa shape index (κ3) is 3.46. The third-order valence-corrected chi connectivity index (χ3v) is 3.21. The van der Waals surface area contributed by atoms with Crippen LogP contribution in [0.25, 0.3) is 0 Å². The quantitative estimate of drug-likeness (QED) is 0.764. The summed E-state index contributed by atoms with van der Waals surface area (Å²) in [5, 5.41) is 9.35. The largest absolute Gasteiger partial charge is 0.394 e. The maximum absolute atomic E-state index is 12.0. The van der Waals surface area contributed by atoms with Crippen molar-refractivity contribution in [1.29, 1.82) is 0 Å². The fourth-order valence-corrected chi connectivity index (χ4v) is 2.07. The van der Waals surface area contributed by atoms with Crippen molar-refractivity contribution >= 4 is 5.91 Å². The summed E-state index contributed by atoms with van der Waals surface area (Å²) in [5.41, 5.74) is 0. The van der Waals surface area contributed by atoms with E-state index in [1.54, 1.807) is 4.90 Å². The second-order valence-corrected chi connectivity index (χ2v) is 5.03. The Labute approximate surface area is 98.2 Å². The average molecular weight is 228 g/mol. The van der Waals surface area contributed by atoms with Crippen molar-refractivity contribution in [2.24, 2.45) is 5.92 Å². The molecule has 0 spiro atoms. The van der Waals surface area contributed by atoms with Gasteiger partial charge in [-0.25, -0.2) is 0 Å². The summed E-state index contributed by atoms with van der Waals surface area (Å²) in [6.07, 6.45) is 2.07. The summed E-state index contributed by atoms with van der Waals surface area (Å²) < 4.78 is 0. The first kappa shape index (κ1) is 13.5. The number of aliphatic hydroxyl groups excluding tert-OH is 1. The van der Waals surface area contributed by atoms with Crippen molar-refractivity contribution in [2.75, 3.05) is 33.3 Å². The Bertz CT molecular complexity index is 231. The van der Waals surface area contributed by atoms with Crippen LogP contribution in [0, 0.1) is 5.92 Å². The minimum atomic E-state index is -0.328. The number of likely N-dealkylation sites (N-methyl/N-ethyl adjacent to an activating group) is 1. The zero-order valence-corrected chi connectivity index (χ0v) is 10.6. The zero-order chi connectivity index (χ0) is 12.1. The highest BCUT2D eigenvalue weighted by atomic mass is 16.3. The standard InChI is InChI=1S/C12H24N2O2/c1-10(2)5-8-14-7-4-6-13(3)12(16)11(14)9-15/h10-11,15H,4-9H2,1-3H3. The molecule has 0 aromatic heterocycles. The summed E-state index contributed by atoms with van der Waals surface area (Å²) in [4.78, 5) is 15.8. The molecule has 1 aliphatic rings. The van der Waals surface area contributed by atoms with E-state index in [0.717, 1.165) is 32.5 Å². The van der Waals surface area contributed by atoms with E-state index >= 15 is 0 Å². The van der Waals surface area contributed by atoms with Gasteiger partial charge < -0.3 is 10.0 Å². The van der Waals surface area contributed by atoms with Crippen molar-refractivity contribution in [3.05, 3.63) is 0 Å². The molecule has 0 aliphatic carbocycles. The summed E-state index contributed by atoms with van der Waals surface area (Å²) in [7, 11) is 1.82. The third-order valence-electron chi connectivity index (χ3n) is 3.21. The second-order valence-electron chi connectivity index (χ2n) is 5.03. The lowest BCUT2D eigenvalue weighted by atomic mass is 10.1. The number of amides is 1. The molecular formula is C12H24N2O2. The van der Waals surface area contributed by atoms with Gasteiger partial charge in [-0.2, -0.15) is 0 Å². The fourth-order valence-electron chi connectivity index (χ4n) is 2.07. The van der Waals surface area contributed by atoms with E-state index in [1.165, 1.54) is 0 Å². The Hall–Kier alpha value is -0.610. The molecule has 1 amide bonds. The molecule has 1 heterocycles. The van der Waals surface area contributed by atoms with Crippen LogP contribution in [0.4, 0.5) is 0 Å². The van der Waals surface area contributed by atoms with Crippen molar-refractivity contribution in [3.8, 4) is 0 Å². The van der Waals surface area contributed by atoms with E-state index in [4.69, 9.17) is 0 Å². The van der Waals surface area contributed by atoms with E-state index in [0.29, 0.717) is 5.92 Å². The van der Waals surface area contributed by atoms with Gasteiger partial charge in [0.15, 0.2) is 0 Å². The Balaban J connectivity index is 2.62. The van der Waals surface area contributed by atoms with E-state index in [1.807, 2.05) is 7.05 Å². The van der Waals surface area contributed by atoms with Gasteiger partial charge in [0, 0.05) is 20.1 Å². The number of hydrogen-bond donors (Lipinski definition) is 1. The fraction of sp³-hybridized carbons (Fsp3) is 0.917. The Morgan fingerprint density at radius 3 is 2.69 bits per heavy atom. The molecule has 0 aromatic rings. The van der Waals surface area contributed by atoms with E-state index in [2.05, 4.69) is 18.7 Å². The minimum absolute atomic E-state index is 0.0590. The Morgan fingerprint density at radius 1 is 1.44 bits per heavy atom. The predicted molar refractivity (Wildman–Crippen MR) is 64.2 cm³/mol. The molecular weight excluding hydrogens is 204 g/mol. The molecule has 1 aliphatic heterocycles. The summed E-state index contributed by atoms with van der Waals surface area (Å²) >= 11 is 0. The normalized spacial score (nSPS) is 23.9. The summed E-state index contributed by atoms with van der Waals surface area (Å²) in [6.45, 7) is 6.91. The van der Waals surface area contributed by atoms with Gasteiger partial charge in [-0.1, -0.05) is 13.8 Å². The van der Waals surface area contributed by atoms with Crippen molar-refractivity contribution in [1.82, 2.24) is 9.80 Å². The van der Waals surface area contributed by atoms with E-state index in [-0.39, 0.29) is 18.6 Å². The van der Waals surface area contributed by atoms with Crippen LogP contribution in [0.2, 0.25) is 0 Å². The van der Waals surface area contributed by atoms with Crippen LogP contribution < -0.4 is 0 Å². The molecule has 0 radical (unpaired) electrons. The number of carbonyl (C=O) groups excluding carboxylic acids is 1. The van der Waals surface area contributed by atoms with Gasteiger partial charge in [0.2, 0.25) is 5.91 Å². The number of rotatable bonds is 4. The molecule has 4 nitrogen and oxygen atoms in total. The zero-order valence-electron chi connectivity index (χ0n) is 10.6. The molecule has 0 saturated carbocycles. The number of carbonyl (C=O) groups is 1. The van der Waals surface area contributed by atoms with Crippen LogP contribution in [0.3, 0.4) is 0 Å². The molecule has 1 atom stereocenters. The van der Waals surface area contributed by atoms with Crippen LogP contribution in [0.15, 0.2) is 0 Å². The molecule has 1 saturated heterocycles. The molecule has 1 fully saturated rings. The van der Waals surface area contributed by atoms with Gasteiger partial charge in [0.05, 0.1) is 6.61 Å². The molecule has 4 heteroatoms. The number of nitrogens with zero attached hydrogens (tertiary/aromatic N) is 2. The molecule has 16 heavy (non-hydrogen) atoms. The first-order valence-corrected chi connectivity index (χ1v) is 6.16. The van der Waals surface area contributed by atoms with Gasteiger partial charge in [0.25, 0.3) is 0 Å². The van der Waals surface area contributed by atoms with Crippen LogP contribution >= 0.6 is 0 Å². The van der Waals surface area contributed by atoms with Crippen LogP contribution in [-0.2, 0) is 4.79 Å². The maximum atomic E-state index is 12.0. The lowest BCUT2D eigenvalue weighted by Crippen LogP contribution is -2.47. The molecule has 1 unspecified atom stereocenters. The van der Waals surface area contributed by atoms with Gasteiger partial charge >= 0.3 is 0 Å². The monoisotopic (exact) mass is 228 g/mol. The highest BCUT2D eigenvalue weighted by Crippen LogP contribution is 2.12. The smallest absolute Gasteiger partial charge is 0.242 e. The molecule has 0 aromatic carbocycles. The van der Waals surface area contributed by atoms with Gasteiger partial charge in [0.1, 0.15) is 6.04 Å². The minimum Gasteiger partial charge on any atom is -0.394 e. The van der Waals surface area contributed by atoms with Crippen LogP contribution in [0.5, 0.6) is 0 Å². The van der Waals surface area contributed by atoms with Crippen molar-refractivity contribution in [3.63, 3.8) is 0 Å². The van der Waals surface area contributed by atoms with Crippen LogP contribution in [0.1, 0.15) is 26.7 Å². The predicted octanol–water partition coefficient (Wildman–Crippen LogP) is 0.557. The van der Waals surface area contributed by atoms with Gasteiger partial charge in [-0.15, -0.1) is 0 Å². The molecule has 94 valence electrons. The van der Waals surface area contributed by atoms with Gasteiger partial charge in [-0.3, -0.25) is 9.69 Å². The lowest BCUT2D eigenvalue weighted by Gasteiger charge is -2.28. The molecule has 1 N–H and O–H groups in total. The van der Waals surface area contributed by atoms with Crippen LogP contribution in [-0.4, -0.2) is 60.1 Å². The average Bonchev–Trinajstić information content (AvgIpc) is 2.37. The molecule has 0 bridgehead atoms. The Kier molecular flexibility index (Phi) is 5.22. The summed E-state index contributed by atoms with van der Waals surface area (Å²) in [5.74, 6) is 0.694. The van der Waals surface area contributed by atoms with Crippen molar-refractivity contribution in [2.45, 2.75) is 32.7 Å². The second kappa shape index (κ2) is 6.21.